The first-order chi connectivity index (χ1) is 9.13. The number of rotatable bonds is 5. The monoisotopic (exact) mass is 278 g/mol. The van der Waals surface area contributed by atoms with Crippen molar-refractivity contribution in [1.29, 1.82) is 0 Å². The summed E-state index contributed by atoms with van der Waals surface area (Å²) in [5.74, 6) is 1.11. The van der Waals surface area contributed by atoms with Gasteiger partial charge in [-0.25, -0.2) is 0 Å². The van der Waals surface area contributed by atoms with Gasteiger partial charge in [-0.15, -0.1) is 11.8 Å². The molecule has 1 fully saturated rings. The van der Waals surface area contributed by atoms with Gasteiger partial charge in [-0.05, 0) is 30.5 Å². The molecule has 1 atom stereocenters. The molecule has 0 aliphatic carbocycles. The number of nitrogens with two attached hydrogens (primary N) is 1. The molecule has 104 valence electrons. The molecule has 0 spiro atoms. The third-order valence-corrected chi connectivity index (χ3v) is 4.74. The highest BCUT2D eigenvalue weighted by atomic mass is 32.2. The van der Waals surface area contributed by atoms with Gasteiger partial charge in [0.1, 0.15) is 0 Å². The molecule has 2 N–H and O–H groups in total. The lowest BCUT2D eigenvalue weighted by Gasteiger charge is -2.22. The quantitative estimate of drug-likeness (QED) is 0.841. The van der Waals surface area contributed by atoms with Crippen LogP contribution in [-0.2, 0) is 4.79 Å². The van der Waals surface area contributed by atoms with Crippen molar-refractivity contribution in [2.75, 3.05) is 25.4 Å². The summed E-state index contributed by atoms with van der Waals surface area (Å²) in [5, 5.41) is 0. The van der Waals surface area contributed by atoms with Crippen LogP contribution in [0.5, 0.6) is 0 Å². The minimum absolute atomic E-state index is 0.127. The first kappa shape index (κ1) is 14.4. The van der Waals surface area contributed by atoms with Crippen LogP contribution in [0.3, 0.4) is 0 Å². The highest BCUT2D eigenvalue weighted by molar-refractivity contribution is 7.99. The van der Waals surface area contributed by atoms with E-state index in [4.69, 9.17) is 5.73 Å². The molecule has 1 unspecified atom stereocenters. The summed E-state index contributed by atoms with van der Waals surface area (Å²) in [5.41, 5.74) is 5.89. The fraction of sp³-hybridized carbons (Fsp3) is 0.533. The first-order valence-electron chi connectivity index (χ1n) is 6.79. The maximum absolute atomic E-state index is 12.1. The zero-order valence-corrected chi connectivity index (χ0v) is 12.3. The Hall–Kier alpha value is -1.00. The fourth-order valence-electron chi connectivity index (χ4n) is 2.33. The van der Waals surface area contributed by atoms with E-state index in [2.05, 4.69) is 19.1 Å². The van der Waals surface area contributed by atoms with Crippen molar-refractivity contribution in [3.8, 4) is 0 Å². The normalized spacial score (nSPS) is 22.7. The van der Waals surface area contributed by atoms with Gasteiger partial charge in [0.15, 0.2) is 0 Å². The summed E-state index contributed by atoms with van der Waals surface area (Å²) in [6.07, 6.45) is 1.64. The van der Waals surface area contributed by atoms with Crippen molar-refractivity contribution in [2.45, 2.75) is 24.7 Å². The van der Waals surface area contributed by atoms with Gasteiger partial charge in [0, 0.05) is 30.2 Å². The highest BCUT2D eigenvalue weighted by Gasteiger charge is 2.34. The van der Waals surface area contributed by atoms with E-state index in [1.807, 2.05) is 23.1 Å². The maximum atomic E-state index is 12.1. The van der Waals surface area contributed by atoms with E-state index in [9.17, 15) is 4.79 Å². The summed E-state index contributed by atoms with van der Waals surface area (Å²) in [6.45, 7) is 4.51. The van der Waals surface area contributed by atoms with Gasteiger partial charge in [-0.3, -0.25) is 4.79 Å². The summed E-state index contributed by atoms with van der Waals surface area (Å²) in [6, 6.07) is 10.2. The van der Waals surface area contributed by atoms with Crippen molar-refractivity contribution in [1.82, 2.24) is 4.90 Å². The second-order valence-corrected chi connectivity index (χ2v) is 6.66. The molecule has 0 bridgehead atoms. The number of nitrogens with zero attached hydrogens (tertiary/aromatic N) is 1. The van der Waals surface area contributed by atoms with Gasteiger partial charge in [0.25, 0.3) is 0 Å². The molecule has 3 nitrogen and oxygen atoms in total. The summed E-state index contributed by atoms with van der Waals surface area (Å²) >= 11 is 1.74. The van der Waals surface area contributed by atoms with Crippen LogP contribution in [0.4, 0.5) is 0 Å². The van der Waals surface area contributed by atoms with E-state index in [1.54, 1.807) is 11.8 Å². The van der Waals surface area contributed by atoms with Crippen LogP contribution in [0.1, 0.15) is 19.8 Å². The van der Waals surface area contributed by atoms with E-state index in [0.29, 0.717) is 13.0 Å². The van der Waals surface area contributed by atoms with E-state index < -0.39 is 0 Å². The lowest BCUT2D eigenvalue weighted by Crippen LogP contribution is -2.34. The predicted molar refractivity (Wildman–Crippen MR) is 80.1 cm³/mol. The van der Waals surface area contributed by atoms with E-state index >= 15 is 0 Å². The molecular formula is C15H22N2OS. The van der Waals surface area contributed by atoms with Crippen LogP contribution in [0.25, 0.3) is 0 Å². The Morgan fingerprint density at radius 3 is 2.79 bits per heavy atom. The standard InChI is InChI=1S/C15H22N2OS/c1-15(11-16)8-9-17(12-15)14(18)7-10-19-13-5-3-2-4-6-13/h2-6H,7-12,16H2,1H3. The average molecular weight is 278 g/mol. The molecule has 0 saturated carbocycles. The molecular weight excluding hydrogens is 256 g/mol. The van der Waals surface area contributed by atoms with Crippen molar-refractivity contribution >= 4 is 17.7 Å². The highest BCUT2D eigenvalue weighted by Crippen LogP contribution is 2.29. The number of carbonyl (C=O) groups is 1. The molecule has 4 heteroatoms. The van der Waals surface area contributed by atoms with Crippen molar-refractivity contribution in [3.05, 3.63) is 30.3 Å². The summed E-state index contributed by atoms with van der Waals surface area (Å²) in [4.78, 5) is 15.3. The molecule has 19 heavy (non-hydrogen) atoms. The Kier molecular flexibility index (Phi) is 4.88. The minimum Gasteiger partial charge on any atom is -0.342 e. The Labute approximate surface area is 119 Å². The molecule has 1 heterocycles. The molecule has 1 aliphatic rings. The van der Waals surface area contributed by atoms with Crippen LogP contribution >= 0.6 is 11.8 Å². The van der Waals surface area contributed by atoms with E-state index in [0.717, 1.165) is 25.3 Å². The Morgan fingerprint density at radius 1 is 1.42 bits per heavy atom. The average Bonchev–Trinajstić information content (AvgIpc) is 2.83. The van der Waals surface area contributed by atoms with Crippen LogP contribution in [0.15, 0.2) is 35.2 Å². The summed E-state index contributed by atoms with van der Waals surface area (Å²) < 4.78 is 0. The van der Waals surface area contributed by atoms with Gasteiger partial charge >= 0.3 is 0 Å². The predicted octanol–water partition coefficient (Wildman–Crippen LogP) is 2.37. The molecule has 1 aromatic carbocycles. The van der Waals surface area contributed by atoms with Gasteiger partial charge in [0.05, 0.1) is 0 Å². The molecule has 1 amide bonds. The second-order valence-electron chi connectivity index (χ2n) is 5.49. The van der Waals surface area contributed by atoms with Crippen LogP contribution < -0.4 is 5.73 Å². The van der Waals surface area contributed by atoms with Crippen LogP contribution in [-0.4, -0.2) is 36.2 Å². The molecule has 1 aromatic rings. The molecule has 1 saturated heterocycles. The SMILES string of the molecule is CC1(CN)CCN(C(=O)CCSc2ccccc2)C1. The zero-order valence-electron chi connectivity index (χ0n) is 11.5. The maximum Gasteiger partial charge on any atom is 0.223 e. The second kappa shape index (κ2) is 6.44. The molecule has 1 aliphatic heterocycles. The Balaban J connectivity index is 1.74. The lowest BCUT2D eigenvalue weighted by molar-refractivity contribution is -0.130. The van der Waals surface area contributed by atoms with Crippen molar-refractivity contribution < 1.29 is 4.79 Å². The Bertz CT molecular complexity index is 423. The number of amides is 1. The molecule has 2 rings (SSSR count). The fourth-order valence-corrected chi connectivity index (χ4v) is 3.20. The smallest absolute Gasteiger partial charge is 0.223 e. The Morgan fingerprint density at radius 2 is 2.16 bits per heavy atom. The van der Waals surface area contributed by atoms with E-state index in [-0.39, 0.29) is 11.3 Å². The van der Waals surface area contributed by atoms with Gasteiger partial charge in [-0.2, -0.15) is 0 Å². The van der Waals surface area contributed by atoms with Gasteiger partial charge in [-0.1, -0.05) is 25.1 Å². The van der Waals surface area contributed by atoms with Gasteiger partial charge < -0.3 is 10.6 Å². The number of benzene rings is 1. The number of hydrogen-bond acceptors (Lipinski definition) is 3. The number of carbonyl (C=O) groups excluding carboxylic acids is 1. The minimum atomic E-state index is 0.127. The lowest BCUT2D eigenvalue weighted by atomic mass is 9.90. The van der Waals surface area contributed by atoms with Crippen molar-refractivity contribution in [3.63, 3.8) is 0 Å². The zero-order chi connectivity index (χ0) is 13.7. The number of thioether (sulfide) groups is 1. The van der Waals surface area contributed by atoms with Crippen molar-refractivity contribution in [2.24, 2.45) is 11.1 Å². The number of hydrogen-bond donors (Lipinski definition) is 1. The largest absolute Gasteiger partial charge is 0.342 e. The summed E-state index contributed by atoms with van der Waals surface area (Å²) in [7, 11) is 0. The number of likely N-dealkylation sites (tertiary alicyclic amines) is 1. The third kappa shape index (κ3) is 3.98. The molecule has 0 aromatic heterocycles. The first-order valence-corrected chi connectivity index (χ1v) is 7.77. The van der Waals surface area contributed by atoms with Crippen LogP contribution in [0.2, 0.25) is 0 Å². The van der Waals surface area contributed by atoms with Gasteiger partial charge in [0.2, 0.25) is 5.91 Å². The third-order valence-electron chi connectivity index (χ3n) is 3.73. The van der Waals surface area contributed by atoms with Crippen LogP contribution in [0, 0.1) is 5.41 Å². The van der Waals surface area contributed by atoms with E-state index in [1.165, 1.54) is 4.90 Å². The molecule has 0 radical (unpaired) electrons. The topological polar surface area (TPSA) is 46.3 Å².